The Morgan fingerprint density at radius 3 is 2.48 bits per heavy atom. The van der Waals surface area contributed by atoms with Gasteiger partial charge < -0.3 is 4.90 Å². The van der Waals surface area contributed by atoms with Crippen LogP contribution in [0.4, 0.5) is 13.9 Å². The number of piperidine rings is 1. The molecule has 1 saturated heterocycles. The number of halogens is 2. The number of rotatable bonds is 5. The molecule has 2 aromatic carbocycles. The lowest BCUT2D eigenvalue weighted by molar-refractivity contribution is 0.516. The number of anilines is 1. The third-order valence-electron chi connectivity index (χ3n) is 5.85. The summed E-state index contributed by atoms with van der Waals surface area (Å²) in [6, 6.07) is 9.04. The molecule has 4 nitrogen and oxygen atoms in total. The van der Waals surface area contributed by atoms with Crippen molar-refractivity contribution in [2.75, 3.05) is 18.0 Å². The van der Waals surface area contributed by atoms with Gasteiger partial charge in [-0.15, -0.1) is 11.3 Å². The van der Waals surface area contributed by atoms with Crippen LogP contribution in [0.3, 0.4) is 0 Å². The SMILES string of the molecule is Cc1ccc(Cc2csc(N3CCC(S(=O)(=O)c4ccc(F)cc4F)CC3)n2)cc1C. The topological polar surface area (TPSA) is 50.3 Å². The summed E-state index contributed by atoms with van der Waals surface area (Å²) >= 11 is 1.56. The predicted molar refractivity (Wildman–Crippen MR) is 120 cm³/mol. The van der Waals surface area contributed by atoms with Crippen LogP contribution in [0.25, 0.3) is 0 Å². The second kappa shape index (κ2) is 8.67. The van der Waals surface area contributed by atoms with Crippen LogP contribution in [0.15, 0.2) is 46.7 Å². The summed E-state index contributed by atoms with van der Waals surface area (Å²) in [4.78, 5) is 6.41. The van der Waals surface area contributed by atoms with E-state index >= 15 is 0 Å². The van der Waals surface area contributed by atoms with E-state index in [0.29, 0.717) is 32.0 Å². The molecule has 3 aromatic rings. The van der Waals surface area contributed by atoms with Gasteiger partial charge in [-0.25, -0.2) is 22.2 Å². The van der Waals surface area contributed by atoms with Gasteiger partial charge in [0.15, 0.2) is 15.0 Å². The van der Waals surface area contributed by atoms with Gasteiger partial charge in [-0.05, 0) is 55.5 Å². The normalized spacial score (nSPS) is 15.4. The first kappa shape index (κ1) is 21.9. The van der Waals surface area contributed by atoms with Gasteiger partial charge in [0.2, 0.25) is 0 Å². The van der Waals surface area contributed by atoms with Crippen LogP contribution in [0.1, 0.15) is 35.2 Å². The Hall–Kier alpha value is -2.32. The fourth-order valence-corrected chi connectivity index (χ4v) is 6.55. The summed E-state index contributed by atoms with van der Waals surface area (Å²) in [7, 11) is -3.84. The molecule has 0 atom stereocenters. The van der Waals surface area contributed by atoms with Crippen molar-refractivity contribution in [3.05, 3.63) is 75.8 Å². The average Bonchev–Trinajstić information content (AvgIpc) is 3.19. The van der Waals surface area contributed by atoms with Crippen LogP contribution in [0.2, 0.25) is 0 Å². The van der Waals surface area contributed by atoms with E-state index in [4.69, 9.17) is 4.98 Å². The van der Waals surface area contributed by atoms with E-state index < -0.39 is 31.6 Å². The van der Waals surface area contributed by atoms with E-state index in [1.165, 1.54) is 16.7 Å². The largest absolute Gasteiger partial charge is 0.348 e. The molecule has 8 heteroatoms. The smallest absolute Gasteiger partial charge is 0.185 e. The number of hydrogen-bond donors (Lipinski definition) is 0. The number of hydrogen-bond acceptors (Lipinski definition) is 5. The van der Waals surface area contributed by atoms with Crippen LogP contribution in [0, 0.1) is 25.5 Å². The first-order valence-corrected chi connectivity index (χ1v) is 12.6. The zero-order chi connectivity index (χ0) is 22.2. The van der Waals surface area contributed by atoms with Crippen molar-refractivity contribution in [2.45, 2.75) is 43.3 Å². The molecule has 2 heterocycles. The van der Waals surface area contributed by atoms with Crippen LogP contribution in [-0.2, 0) is 16.3 Å². The number of sulfone groups is 1. The number of benzene rings is 2. The van der Waals surface area contributed by atoms with E-state index in [9.17, 15) is 17.2 Å². The van der Waals surface area contributed by atoms with E-state index in [1.54, 1.807) is 11.3 Å². The summed E-state index contributed by atoms with van der Waals surface area (Å²) in [6.45, 7) is 5.25. The Morgan fingerprint density at radius 1 is 1.06 bits per heavy atom. The second-order valence-electron chi connectivity index (χ2n) is 8.02. The monoisotopic (exact) mass is 462 g/mol. The standard InChI is InChI=1S/C23H24F2N2O2S2/c1-15-3-4-17(11-16(15)2)12-19-14-30-23(26-19)27-9-7-20(8-10-27)31(28,29)22-6-5-18(24)13-21(22)25/h3-6,11,13-14,20H,7-10,12H2,1-2H3. The molecule has 164 valence electrons. The molecule has 1 aliphatic rings. The fourth-order valence-electron chi connectivity index (χ4n) is 3.89. The summed E-state index contributed by atoms with van der Waals surface area (Å²) < 4.78 is 52.8. The molecule has 0 N–H and O–H groups in total. The molecule has 0 bridgehead atoms. The molecule has 1 fully saturated rings. The Balaban J connectivity index is 1.41. The molecule has 0 saturated carbocycles. The Kier molecular flexibility index (Phi) is 6.12. The van der Waals surface area contributed by atoms with Crippen molar-refractivity contribution in [1.29, 1.82) is 0 Å². The van der Waals surface area contributed by atoms with E-state index in [1.807, 2.05) is 5.38 Å². The first-order chi connectivity index (χ1) is 14.7. The van der Waals surface area contributed by atoms with Gasteiger partial charge in [0.1, 0.15) is 16.5 Å². The third kappa shape index (κ3) is 4.65. The summed E-state index contributed by atoms with van der Waals surface area (Å²) in [5.41, 5.74) is 4.73. The van der Waals surface area contributed by atoms with Gasteiger partial charge in [-0.2, -0.15) is 0 Å². The third-order valence-corrected chi connectivity index (χ3v) is 9.09. The van der Waals surface area contributed by atoms with Gasteiger partial charge in [0.25, 0.3) is 0 Å². The van der Waals surface area contributed by atoms with Gasteiger partial charge in [0.05, 0.1) is 10.9 Å². The molecular formula is C23H24F2N2O2S2. The molecule has 0 amide bonds. The minimum atomic E-state index is -3.84. The Morgan fingerprint density at radius 2 is 1.81 bits per heavy atom. The lowest BCUT2D eigenvalue weighted by Gasteiger charge is -2.31. The predicted octanol–water partition coefficient (Wildman–Crippen LogP) is 5.07. The molecule has 0 spiro atoms. The fraction of sp³-hybridized carbons (Fsp3) is 0.348. The average molecular weight is 463 g/mol. The highest BCUT2D eigenvalue weighted by Gasteiger charge is 2.34. The quantitative estimate of drug-likeness (QED) is 0.497. The maximum Gasteiger partial charge on any atom is 0.185 e. The van der Waals surface area contributed by atoms with Gasteiger partial charge >= 0.3 is 0 Å². The van der Waals surface area contributed by atoms with Crippen molar-refractivity contribution >= 4 is 26.3 Å². The van der Waals surface area contributed by atoms with Crippen molar-refractivity contribution in [3.8, 4) is 0 Å². The summed E-state index contributed by atoms with van der Waals surface area (Å²) in [5.74, 6) is -1.81. The maximum absolute atomic E-state index is 14.0. The van der Waals surface area contributed by atoms with Gasteiger partial charge in [0, 0.05) is 31.0 Å². The van der Waals surface area contributed by atoms with Crippen LogP contribution >= 0.6 is 11.3 Å². The zero-order valence-corrected chi connectivity index (χ0v) is 19.1. The van der Waals surface area contributed by atoms with Crippen LogP contribution in [-0.4, -0.2) is 31.7 Å². The molecule has 1 aromatic heterocycles. The lowest BCUT2D eigenvalue weighted by atomic mass is 10.0. The van der Waals surface area contributed by atoms with Crippen LogP contribution < -0.4 is 4.90 Å². The number of thiazole rings is 1. The lowest BCUT2D eigenvalue weighted by Crippen LogP contribution is -2.39. The highest BCUT2D eigenvalue weighted by molar-refractivity contribution is 7.92. The Labute approximate surface area is 185 Å². The maximum atomic E-state index is 14.0. The molecular weight excluding hydrogens is 438 g/mol. The van der Waals surface area contributed by atoms with E-state index in [-0.39, 0.29) is 0 Å². The van der Waals surface area contributed by atoms with Crippen molar-refractivity contribution < 1.29 is 17.2 Å². The van der Waals surface area contributed by atoms with E-state index in [0.717, 1.165) is 29.4 Å². The molecule has 0 aliphatic carbocycles. The van der Waals surface area contributed by atoms with Crippen molar-refractivity contribution in [2.24, 2.45) is 0 Å². The number of aryl methyl sites for hydroxylation is 2. The number of aromatic nitrogens is 1. The highest BCUT2D eigenvalue weighted by Crippen LogP contribution is 2.30. The summed E-state index contributed by atoms with van der Waals surface area (Å²) in [5, 5.41) is 2.24. The zero-order valence-electron chi connectivity index (χ0n) is 17.4. The Bertz CT molecular complexity index is 1200. The van der Waals surface area contributed by atoms with Gasteiger partial charge in [-0.3, -0.25) is 0 Å². The van der Waals surface area contributed by atoms with Gasteiger partial charge in [-0.1, -0.05) is 18.2 Å². The molecule has 4 rings (SSSR count). The van der Waals surface area contributed by atoms with Crippen molar-refractivity contribution in [3.63, 3.8) is 0 Å². The molecule has 1 aliphatic heterocycles. The minimum Gasteiger partial charge on any atom is -0.348 e. The van der Waals surface area contributed by atoms with Crippen LogP contribution in [0.5, 0.6) is 0 Å². The molecule has 31 heavy (non-hydrogen) atoms. The first-order valence-electron chi connectivity index (χ1n) is 10.2. The minimum absolute atomic E-state index is 0.380. The second-order valence-corrected chi connectivity index (χ2v) is 11.1. The van der Waals surface area contributed by atoms with E-state index in [2.05, 4.69) is 36.9 Å². The number of nitrogens with zero attached hydrogens (tertiary/aromatic N) is 2. The van der Waals surface area contributed by atoms with Crippen molar-refractivity contribution in [1.82, 2.24) is 4.98 Å². The molecule has 0 unspecified atom stereocenters. The molecule has 0 radical (unpaired) electrons. The highest BCUT2D eigenvalue weighted by atomic mass is 32.2. The summed E-state index contributed by atoms with van der Waals surface area (Å²) in [6.07, 6.45) is 1.52.